The van der Waals surface area contributed by atoms with E-state index in [2.05, 4.69) is 34.3 Å². The van der Waals surface area contributed by atoms with Gasteiger partial charge in [-0.05, 0) is 30.5 Å². The Morgan fingerprint density at radius 2 is 2.06 bits per heavy atom. The average Bonchev–Trinajstić information content (AvgIpc) is 2.97. The second-order valence-corrected chi connectivity index (χ2v) is 4.72. The molecule has 2 heterocycles. The van der Waals surface area contributed by atoms with Crippen LogP contribution in [-0.4, -0.2) is 22.9 Å². The van der Waals surface area contributed by atoms with E-state index in [4.69, 9.17) is 5.73 Å². The quantitative estimate of drug-likeness (QED) is 0.891. The van der Waals surface area contributed by atoms with Crippen molar-refractivity contribution in [2.45, 2.75) is 19.4 Å². The van der Waals surface area contributed by atoms with Gasteiger partial charge in [-0.1, -0.05) is 18.2 Å². The van der Waals surface area contributed by atoms with E-state index >= 15 is 0 Å². The van der Waals surface area contributed by atoms with E-state index in [0.717, 1.165) is 26.1 Å². The number of aryl methyl sites for hydroxylation is 1. The molecule has 0 radical (unpaired) electrons. The summed E-state index contributed by atoms with van der Waals surface area (Å²) in [5.41, 5.74) is 8.47. The highest BCUT2D eigenvalue weighted by atomic mass is 15.3. The maximum atomic E-state index is 5.59. The van der Waals surface area contributed by atoms with Gasteiger partial charge in [-0.25, -0.2) is 0 Å². The second-order valence-electron chi connectivity index (χ2n) is 4.72. The zero-order valence-electron chi connectivity index (χ0n) is 10.4. The van der Waals surface area contributed by atoms with Crippen LogP contribution in [0.1, 0.15) is 12.0 Å². The van der Waals surface area contributed by atoms with Gasteiger partial charge in [0.25, 0.3) is 0 Å². The number of nitrogens with two attached hydrogens (primary N) is 1. The van der Waals surface area contributed by atoms with Crippen molar-refractivity contribution in [3.63, 3.8) is 0 Å². The number of para-hydroxylation sites is 1. The van der Waals surface area contributed by atoms with Gasteiger partial charge in [-0.2, -0.15) is 5.10 Å². The number of nitrogen functional groups attached to an aromatic ring is 1. The number of anilines is 2. The van der Waals surface area contributed by atoms with E-state index in [9.17, 15) is 0 Å². The summed E-state index contributed by atoms with van der Waals surface area (Å²) in [5, 5.41) is 4.20. The molecule has 2 N–H and O–H groups in total. The predicted molar refractivity (Wildman–Crippen MR) is 73.6 cm³/mol. The molecule has 94 valence electrons. The fraction of sp³-hybridized carbons (Fsp3) is 0.357. The highest BCUT2D eigenvalue weighted by Crippen LogP contribution is 2.27. The molecule has 0 aliphatic carbocycles. The Labute approximate surface area is 107 Å². The van der Waals surface area contributed by atoms with Crippen molar-refractivity contribution in [2.24, 2.45) is 0 Å². The van der Waals surface area contributed by atoms with Crippen LogP contribution in [0.4, 0.5) is 11.5 Å². The molecular weight excluding hydrogens is 224 g/mol. The summed E-state index contributed by atoms with van der Waals surface area (Å²) in [6, 6.07) is 10.5. The van der Waals surface area contributed by atoms with Crippen LogP contribution in [-0.2, 0) is 13.0 Å². The maximum absolute atomic E-state index is 5.59. The van der Waals surface area contributed by atoms with E-state index in [1.807, 2.05) is 16.9 Å². The number of benzene rings is 1. The van der Waals surface area contributed by atoms with Crippen LogP contribution >= 0.6 is 0 Å². The molecule has 3 rings (SSSR count). The van der Waals surface area contributed by atoms with Crippen LogP contribution in [0.3, 0.4) is 0 Å². The first-order valence-corrected chi connectivity index (χ1v) is 6.45. The molecule has 0 amide bonds. The van der Waals surface area contributed by atoms with Gasteiger partial charge in [0.2, 0.25) is 0 Å². The summed E-state index contributed by atoms with van der Waals surface area (Å²) in [6.45, 7) is 3.15. The third-order valence-corrected chi connectivity index (χ3v) is 3.46. The second kappa shape index (κ2) is 4.72. The number of aromatic nitrogens is 2. The zero-order chi connectivity index (χ0) is 12.4. The Kier molecular flexibility index (Phi) is 2.92. The normalized spacial score (nSPS) is 13.9. The summed E-state index contributed by atoms with van der Waals surface area (Å²) in [6.07, 6.45) is 4.20. The minimum Gasteiger partial charge on any atom is -0.382 e. The smallest absolute Gasteiger partial charge is 0.145 e. The Hall–Kier alpha value is -1.97. The molecule has 0 bridgehead atoms. The van der Waals surface area contributed by atoms with Crippen molar-refractivity contribution in [1.82, 2.24) is 9.78 Å². The molecular formula is C14H18N4. The maximum Gasteiger partial charge on any atom is 0.145 e. The van der Waals surface area contributed by atoms with E-state index in [0.29, 0.717) is 5.82 Å². The molecule has 4 heteroatoms. The van der Waals surface area contributed by atoms with Gasteiger partial charge in [0, 0.05) is 31.5 Å². The molecule has 4 nitrogen and oxygen atoms in total. The molecule has 18 heavy (non-hydrogen) atoms. The molecule has 0 atom stereocenters. The van der Waals surface area contributed by atoms with Crippen molar-refractivity contribution in [2.75, 3.05) is 23.7 Å². The van der Waals surface area contributed by atoms with Crippen molar-refractivity contribution in [1.29, 1.82) is 0 Å². The van der Waals surface area contributed by atoms with Gasteiger partial charge in [0.1, 0.15) is 5.82 Å². The van der Waals surface area contributed by atoms with Gasteiger partial charge in [-0.15, -0.1) is 0 Å². The third kappa shape index (κ3) is 2.18. The number of fused-ring (bicyclic) bond motifs is 1. The molecule has 1 aliphatic rings. The van der Waals surface area contributed by atoms with Crippen LogP contribution in [0.5, 0.6) is 0 Å². The van der Waals surface area contributed by atoms with Crippen molar-refractivity contribution < 1.29 is 0 Å². The highest BCUT2D eigenvalue weighted by Gasteiger charge is 2.17. The lowest BCUT2D eigenvalue weighted by molar-refractivity contribution is 0.575. The monoisotopic (exact) mass is 242 g/mol. The minimum absolute atomic E-state index is 0.599. The first-order chi connectivity index (χ1) is 8.83. The third-order valence-electron chi connectivity index (χ3n) is 3.46. The Balaban J connectivity index is 1.56. The summed E-state index contributed by atoms with van der Waals surface area (Å²) in [7, 11) is 0. The van der Waals surface area contributed by atoms with Crippen molar-refractivity contribution in [3.05, 3.63) is 42.1 Å². The van der Waals surface area contributed by atoms with Gasteiger partial charge < -0.3 is 10.6 Å². The molecule has 0 spiro atoms. The minimum atomic E-state index is 0.599. The van der Waals surface area contributed by atoms with Gasteiger partial charge in [-0.3, -0.25) is 4.68 Å². The summed E-state index contributed by atoms with van der Waals surface area (Å²) in [5.74, 6) is 0.599. The lowest BCUT2D eigenvalue weighted by atomic mass is 10.2. The Bertz CT molecular complexity index is 532. The van der Waals surface area contributed by atoms with E-state index < -0.39 is 0 Å². The standard InChI is InChI=1S/C14H18N4/c15-14-7-11-18(16-14)9-3-8-17-10-6-12-4-1-2-5-13(12)17/h1-2,4-5,7,11H,3,6,8-10H2,(H2,15,16). The molecule has 1 aromatic carbocycles. The van der Waals surface area contributed by atoms with Gasteiger partial charge in [0.15, 0.2) is 0 Å². The Morgan fingerprint density at radius 3 is 2.89 bits per heavy atom. The fourth-order valence-electron chi connectivity index (χ4n) is 2.56. The Morgan fingerprint density at radius 1 is 1.17 bits per heavy atom. The molecule has 1 aliphatic heterocycles. The molecule has 0 fully saturated rings. The average molecular weight is 242 g/mol. The summed E-state index contributed by atoms with van der Waals surface area (Å²) < 4.78 is 1.91. The van der Waals surface area contributed by atoms with Gasteiger partial charge >= 0.3 is 0 Å². The lowest BCUT2D eigenvalue weighted by Gasteiger charge is -2.19. The molecule has 0 saturated carbocycles. The van der Waals surface area contributed by atoms with Crippen LogP contribution < -0.4 is 10.6 Å². The largest absolute Gasteiger partial charge is 0.382 e. The fourth-order valence-corrected chi connectivity index (χ4v) is 2.56. The van der Waals surface area contributed by atoms with Crippen LogP contribution in [0.25, 0.3) is 0 Å². The van der Waals surface area contributed by atoms with Crippen molar-refractivity contribution in [3.8, 4) is 0 Å². The van der Waals surface area contributed by atoms with Crippen LogP contribution in [0, 0.1) is 0 Å². The first-order valence-electron chi connectivity index (χ1n) is 6.45. The number of rotatable bonds is 4. The number of nitrogens with zero attached hydrogens (tertiary/aromatic N) is 3. The summed E-state index contributed by atoms with van der Waals surface area (Å²) in [4.78, 5) is 2.46. The topological polar surface area (TPSA) is 47.1 Å². The van der Waals surface area contributed by atoms with Crippen LogP contribution in [0.15, 0.2) is 36.5 Å². The van der Waals surface area contributed by atoms with Crippen molar-refractivity contribution >= 4 is 11.5 Å². The lowest BCUT2D eigenvalue weighted by Crippen LogP contribution is -2.22. The van der Waals surface area contributed by atoms with Gasteiger partial charge in [0.05, 0.1) is 0 Å². The SMILES string of the molecule is Nc1ccn(CCCN2CCc3ccccc32)n1. The van der Waals surface area contributed by atoms with E-state index in [-0.39, 0.29) is 0 Å². The predicted octanol–water partition coefficient (Wildman–Crippen LogP) is 1.92. The molecule has 0 saturated heterocycles. The molecule has 1 aromatic heterocycles. The van der Waals surface area contributed by atoms with Crippen LogP contribution in [0.2, 0.25) is 0 Å². The van der Waals surface area contributed by atoms with E-state index in [1.165, 1.54) is 17.7 Å². The number of hydrogen-bond acceptors (Lipinski definition) is 3. The first kappa shape index (κ1) is 11.1. The van der Waals surface area contributed by atoms with E-state index in [1.54, 1.807) is 0 Å². The number of hydrogen-bond donors (Lipinski definition) is 1. The molecule has 0 unspecified atom stereocenters. The molecule has 2 aromatic rings. The zero-order valence-corrected chi connectivity index (χ0v) is 10.4. The summed E-state index contributed by atoms with van der Waals surface area (Å²) >= 11 is 0. The highest BCUT2D eigenvalue weighted by molar-refractivity contribution is 5.57.